The summed E-state index contributed by atoms with van der Waals surface area (Å²) in [4.78, 5) is 6.78. The Hall–Kier alpha value is -0.930. The summed E-state index contributed by atoms with van der Waals surface area (Å²) in [5.41, 5.74) is 1.14. The van der Waals surface area contributed by atoms with Crippen molar-refractivity contribution in [1.82, 2.24) is 15.2 Å². The topological polar surface area (TPSA) is 28.2 Å². The van der Waals surface area contributed by atoms with Gasteiger partial charge in [-0.25, -0.2) is 0 Å². The number of pyridine rings is 1. The van der Waals surface area contributed by atoms with Crippen molar-refractivity contribution in [3.63, 3.8) is 0 Å². The Balaban J connectivity index is 1.86. The lowest BCUT2D eigenvalue weighted by Gasteiger charge is -2.31. The van der Waals surface area contributed by atoms with E-state index in [0.29, 0.717) is 12.1 Å². The molecule has 1 aliphatic rings. The predicted octanol–water partition coefficient (Wildman–Crippen LogP) is 1.83. The summed E-state index contributed by atoms with van der Waals surface area (Å²) >= 11 is 0. The van der Waals surface area contributed by atoms with E-state index in [-0.39, 0.29) is 0 Å². The molecule has 1 aromatic rings. The van der Waals surface area contributed by atoms with Crippen LogP contribution in [0.1, 0.15) is 31.5 Å². The third kappa shape index (κ3) is 3.03. The maximum absolute atomic E-state index is 4.39. The van der Waals surface area contributed by atoms with Crippen molar-refractivity contribution in [3.05, 3.63) is 30.1 Å². The molecule has 1 N–H and O–H groups in total. The Kier molecular flexibility index (Phi) is 3.91. The zero-order valence-electron chi connectivity index (χ0n) is 10.2. The molecule has 0 aromatic carbocycles. The molecular weight excluding hydrogens is 198 g/mol. The van der Waals surface area contributed by atoms with E-state index >= 15 is 0 Å². The molecule has 0 unspecified atom stereocenters. The highest BCUT2D eigenvalue weighted by Gasteiger charge is 2.18. The van der Waals surface area contributed by atoms with Crippen LogP contribution >= 0.6 is 0 Å². The van der Waals surface area contributed by atoms with Crippen LogP contribution in [0.3, 0.4) is 0 Å². The number of nitrogens with zero attached hydrogens (tertiary/aromatic N) is 2. The molecular formula is C13H21N3. The molecule has 16 heavy (non-hydrogen) atoms. The van der Waals surface area contributed by atoms with Crippen LogP contribution in [0, 0.1) is 0 Å². The summed E-state index contributed by atoms with van der Waals surface area (Å²) < 4.78 is 0. The SMILES string of the molecule is C[C@H](NC1CCN(C)CC1)c1ccccn1. The quantitative estimate of drug-likeness (QED) is 0.840. The van der Waals surface area contributed by atoms with Crippen LogP contribution < -0.4 is 5.32 Å². The predicted molar refractivity (Wildman–Crippen MR) is 66.3 cm³/mol. The molecule has 88 valence electrons. The fourth-order valence-electron chi connectivity index (χ4n) is 2.25. The first-order valence-corrected chi connectivity index (χ1v) is 6.11. The summed E-state index contributed by atoms with van der Waals surface area (Å²) in [5, 5.41) is 3.67. The minimum absolute atomic E-state index is 0.356. The smallest absolute Gasteiger partial charge is 0.0570 e. The number of aromatic nitrogens is 1. The van der Waals surface area contributed by atoms with E-state index in [1.54, 1.807) is 0 Å². The van der Waals surface area contributed by atoms with E-state index in [2.05, 4.69) is 41.3 Å². The maximum Gasteiger partial charge on any atom is 0.0570 e. The van der Waals surface area contributed by atoms with Gasteiger partial charge in [-0.1, -0.05) is 6.07 Å². The van der Waals surface area contributed by atoms with Gasteiger partial charge in [-0.15, -0.1) is 0 Å². The fraction of sp³-hybridized carbons (Fsp3) is 0.615. The average molecular weight is 219 g/mol. The molecule has 0 amide bonds. The van der Waals surface area contributed by atoms with Gasteiger partial charge in [0.1, 0.15) is 0 Å². The minimum Gasteiger partial charge on any atom is -0.306 e. The van der Waals surface area contributed by atoms with Crippen molar-refractivity contribution in [2.24, 2.45) is 0 Å². The molecule has 3 heteroatoms. The highest BCUT2D eigenvalue weighted by molar-refractivity contribution is 5.07. The second kappa shape index (κ2) is 5.41. The number of rotatable bonds is 3. The fourth-order valence-corrected chi connectivity index (χ4v) is 2.25. The Morgan fingerprint density at radius 3 is 2.75 bits per heavy atom. The Morgan fingerprint density at radius 2 is 2.12 bits per heavy atom. The van der Waals surface area contributed by atoms with E-state index in [0.717, 1.165) is 5.69 Å². The first-order chi connectivity index (χ1) is 7.75. The van der Waals surface area contributed by atoms with E-state index in [1.165, 1.54) is 25.9 Å². The van der Waals surface area contributed by atoms with Crippen molar-refractivity contribution in [2.75, 3.05) is 20.1 Å². The summed E-state index contributed by atoms with van der Waals surface area (Å²) in [5.74, 6) is 0. The maximum atomic E-state index is 4.39. The van der Waals surface area contributed by atoms with Crippen LogP contribution in [0.2, 0.25) is 0 Å². The van der Waals surface area contributed by atoms with Gasteiger partial charge in [-0.2, -0.15) is 0 Å². The van der Waals surface area contributed by atoms with Gasteiger partial charge in [-0.3, -0.25) is 4.98 Å². The molecule has 1 aromatic heterocycles. The Bertz CT molecular complexity index is 304. The standard InChI is InChI=1S/C13H21N3/c1-11(13-5-3-4-8-14-13)15-12-6-9-16(2)10-7-12/h3-5,8,11-12,15H,6-7,9-10H2,1-2H3/t11-/m0/s1. The summed E-state index contributed by atoms with van der Waals surface area (Å²) in [6.45, 7) is 4.60. The second-order valence-corrected chi connectivity index (χ2v) is 4.72. The van der Waals surface area contributed by atoms with Gasteiger partial charge in [0.25, 0.3) is 0 Å². The third-order valence-corrected chi connectivity index (χ3v) is 3.34. The first kappa shape index (κ1) is 11.6. The lowest BCUT2D eigenvalue weighted by molar-refractivity contribution is 0.226. The number of likely N-dealkylation sites (tertiary alicyclic amines) is 1. The number of hydrogen-bond donors (Lipinski definition) is 1. The number of piperidine rings is 1. The molecule has 3 nitrogen and oxygen atoms in total. The number of nitrogens with one attached hydrogen (secondary N) is 1. The van der Waals surface area contributed by atoms with Crippen molar-refractivity contribution in [2.45, 2.75) is 31.8 Å². The molecule has 2 rings (SSSR count). The lowest BCUT2D eigenvalue weighted by atomic mass is 10.0. The molecule has 2 heterocycles. The first-order valence-electron chi connectivity index (χ1n) is 6.11. The van der Waals surface area contributed by atoms with Crippen LogP contribution in [-0.4, -0.2) is 36.1 Å². The van der Waals surface area contributed by atoms with Crippen LogP contribution in [0.15, 0.2) is 24.4 Å². The van der Waals surface area contributed by atoms with Crippen LogP contribution in [0.4, 0.5) is 0 Å². The third-order valence-electron chi connectivity index (χ3n) is 3.34. The van der Waals surface area contributed by atoms with Gasteiger partial charge < -0.3 is 10.2 Å². The van der Waals surface area contributed by atoms with Gasteiger partial charge in [0.2, 0.25) is 0 Å². The molecule has 1 saturated heterocycles. The second-order valence-electron chi connectivity index (χ2n) is 4.72. The van der Waals surface area contributed by atoms with Gasteiger partial charge in [0, 0.05) is 18.3 Å². The molecule has 0 bridgehead atoms. The zero-order valence-corrected chi connectivity index (χ0v) is 10.2. The van der Waals surface area contributed by atoms with Crippen LogP contribution in [0.5, 0.6) is 0 Å². The van der Waals surface area contributed by atoms with Gasteiger partial charge in [0.05, 0.1) is 5.69 Å². The monoisotopic (exact) mass is 219 g/mol. The van der Waals surface area contributed by atoms with Gasteiger partial charge in [-0.05, 0) is 52.0 Å². The van der Waals surface area contributed by atoms with E-state index in [1.807, 2.05) is 12.3 Å². The Labute approximate surface area is 97.9 Å². The normalized spacial score (nSPS) is 20.9. The number of hydrogen-bond acceptors (Lipinski definition) is 3. The highest BCUT2D eigenvalue weighted by atomic mass is 15.1. The van der Waals surface area contributed by atoms with Gasteiger partial charge >= 0.3 is 0 Å². The average Bonchev–Trinajstić information content (AvgIpc) is 2.33. The molecule has 1 fully saturated rings. The zero-order chi connectivity index (χ0) is 11.4. The van der Waals surface area contributed by atoms with E-state index in [9.17, 15) is 0 Å². The largest absolute Gasteiger partial charge is 0.306 e. The molecule has 0 aliphatic carbocycles. The van der Waals surface area contributed by atoms with Crippen molar-refractivity contribution < 1.29 is 0 Å². The van der Waals surface area contributed by atoms with Crippen LogP contribution in [-0.2, 0) is 0 Å². The highest BCUT2D eigenvalue weighted by Crippen LogP contribution is 2.14. The lowest BCUT2D eigenvalue weighted by Crippen LogP contribution is -2.41. The molecule has 0 spiro atoms. The van der Waals surface area contributed by atoms with Gasteiger partial charge in [0.15, 0.2) is 0 Å². The summed E-state index contributed by atoms with van der Waals surface area (Å²) in [7, 11) is 2.19. The van der Waals surface area contributed by atoms with Crippen molar-refractivity contribution in [3.8, 4) is 0 Å². The van der Waals surface area contributed by atoms with Crippen LogP contribution in [0.25, 0.3) is 0 Å². The van der Waals surface area contributed by atoms with E-state index in [4.69, 9.17) is 0 Å². The molecule has 0 radical (unpaired) electrons. The van der Waals surface area contributed by atoms with E-state index < -0.39 is 0 Å². The Morgan fingerprint density at radius 1 is 1.38 bits per heavy atom. The molecule has 1 aliphatic heterocycles. The summed E-state index contributed by atoms with van der Waals surface area (Å²) in [6, 6.07) is 7.11. The van der Waals surface area contributed by atoms with Crippen molar-refractivity contribution in [1.29, 1.82) is 0 Å². The summed E-state index contributed by atoms with van der Waals surface area (Å²) in [6.07, 6.45) is 4.35. The van der Waals surface area contributed by atoms with Crippen molar-refractivity contribution >= 4 is 0 Å². The minimum atomic E-state index is 0.356. The molecule has 0 saturated carbocycles. The molecule has 1 atom stereocenters.